The van der Waals surface area contributed by atoms with Crippen molar-refractivity contribution < 1.29 is 23.8 Å². The number of ether oxygens (including phenoxy) is 3. The van der Waals surface area contributed by atoms with Gasteiger partial charge in [0.1, 0.15) is 12.2 Å². The summed E-state index contributed by atoms with van der Waals surface area (Å²) in [6, 6.07) is 12.5. The number of para-hydroxylation sites is 1. The molecule has 0 aliphatic carbocycles. The summed E-state index contributed by atoms with van der Waals surface area (Å²) in [7, 11) is 0. The van der Waals surface area contributed by atoms with Gasteiger partial charge in [0.15, 0.2) is 0 Å². The maximum atomic E-state index is 12.5. The molecule has 0 saturated carbocycles. The number of nitrogens with zero attached hydrogens (tertiary/aromatic N) is 2. The Balaban J connectivity index is 1.31. The highest BCUT2D eigenvalue weighted by Gasteiger charge is 2.32. The quantitative estimate of drug-likeness (QED) is 0.821. The van der Waals surface area contributed by atoms with Gasteiger partial charge >= 0.3 is 6.09 Å². The number of benzene rings is 1. The third kappa shape index (κ3) is 4.23. The SMILES string of the molecule is O=C(NCC1CN(c2ccccc2)C(=O)O1)c1ccnc(OC2CCOC2)c1. The third-order valence-electron chi connectivity index (χ3n) is 4.60. The van der Waals surface area contributed by atoms with Gasteiger partial charge in [-0.15, -0.1) is 0 Å². The number of amides is 2. The Bertz CT molecular complexity index is 839. The second kappa shape index (κ2) is 8.26. The van der Waals surface area contributed by atoms with Gasteiger partial charge in [-0.1, -0.05) is 18.2 Å². The van der Waals surface area contributed by atoms with Crippen LogP contribution in [0.2, 0.25) is 0 Å². The number of aromatic nitrogens is 1. The van der Waals surface area contributed by atoms with Crippen molar-refractivity contribution in [1.29, 1.82) is 0 Å². The van der Waals surface area contributed by atoms with Crippen molar-refractivity contribution in [3.8, 4) is 5.88 Å². The minimum atomic E-state index is -0.413. The number of hydrogen-bond acceptors (Lipinski definition) is 6. The van der Waals surface area contributed by atoms with E-state index >= 15 is 0 Å². The van der Waals surface area contributed by atoms with Crippen LogP contribution >= 0.6 is 0 Å². The summed E-state index contributed by atoms with van der Waals surface area (Å²) in [6.45, 7) is 1.81. The zero-order valence-corrected chi connectivity index (χ0v) is 15.2. The fourth-order valence-electron chi connectivity index (χ4n) is 3.15. The van der Waals surface area contributed by atoms with Gasteiger partial charge < -0.3 is 19.5 Å². The maximum Gasteiger partial charge on any atom is 0.414 e. The van der Waals surface area contributed by atoms with Crippen molar-refractivity contribution in [3.05, 3.63) is 54.2 Å². The van der Waals surface area contributed by atoms with Crippen LogP contribution in [-0.4, -0.2) is 55.5 Å². The lowest BCUT2D eigenvalue weighted by molar-refractivity contribution is 0.0914. The first-order chi connectivity index (χ1) is 13.7. The van der Waals surface area contributed by atoms with Gasteiger partial charge in [-0.2, -0.15) is 0 Å². The molecule has 0 spiro atoms. The normalized spacial score (nSPS) is 21.4. The predicted octanol–water partition coefficient (Wildman–Crippen LogP) is 2.00. The largest absolute Gasteiger partial charge is 0.472 e. The molecular formula is C20H21N3O5. The summed E-state index contributed by atoms with van der Waals surface area (Å²) < 4.78 is 16.4. The number of nitrogens with one attached hydrogen (secondary N) is 1. The maximum absolute atomic E-state index is 12.5. The highest BCUT2D eigenvalue weighted by atomic mass is 16.6. The second-order valence-corrected chi connectivity index (χ2v) is 6.65. The van der Waals surface area contributed by atoms with Crippen molar-refractivity contribution >= 4 is 17.7 Å². The summed E-state index contributed by atoms with van der Waals surface area (Å²) in [6.07, 6.45) is 1.48. The molecule has 1 aromatic carbocycles. The van der Waals surface area contributed by atoms with Crippen LogP contribution < -0.4 is 15.0 Å². The monoisotopic (exact) mass is 383 g/mol. The molecule has 0 bridgehead atoms. The Hall–Kier alpha value is -3.13. The van der Waals surface area contributed by atoms with E-state index < -0.39 is 12.2 Å². The lowest BCUT2D eigenvalue weighted by atomic mass is 10.2. The van der Waals surface area contributed by atoms with Crippen LogP contribution in [0.15, 0.2) is 48.7 Å². The van der Waals surface area contributed by atoms with Crippen molar-refractivity contribution in [3.63, 3.8) is 0 Å². The molecule has 0 radical (unpaired) electrons. The lowest BCUT2D eigenvalue weighted by Gasteiger charge is -2.13. The minimum absolute atomic E-state index is 0.0346. The number of cyclic esters (lactones) is 1. The molecule has 146 valence electrons. The molecule has 2 saturated heterocycles. The highest BCUT2D eigenvalue weighted by Crippen LogP contribution is 2.21. The Kier molecular flexibility index (Phi) is 5.38. The average molecular weight is 383 g/mol. The molecule has 2 fully saturated rings. The topological polar surface area (TPSA) is 90.0 Å². The van der Waals surface area contributed by atoms with E-state index in [2.05, 4.69) is 10.3 Å². The average Bonchev–Trinajstić information content (AvgIpc) is 3.36. The summed E-state index contributed by atoms with van der Waals surface area (Å²) in [5.74, 6) is 0.120. The molecule has 4 rings (SSSR count). The summed E-state index contributed by atoms with van der Waals surface area (Å²) in [5.41, 5.74) is 1.21. The van der Waals surface area contributed by atoms with Crippen LogP contribution in [0.25, 0.3) is 0 Å². The van der Waals surface area contributed by atoms with Gasteiger partial charge in [-0.3, -0.25) is 9.69 Å². The second-order valence-electron chi connectivity index (χ2n) is 6.65. The van der Waals surface area contributed by atoms with Crippen LogP contribution in [0.1, 0.15) is 16.8 Å². The highest BCUT2D eigenvalue weighted by molar-refractivity contribution is 5.94. The molecule has 2 aliphatic heterocycles. The van der Waals surface area contributed by atoms with Crippen molar-refractivity contribution in [2.45, 2.75) is 18.6 Å². The Morgan fingerprint density at radius 2 is 2.14 bits per heavy atom. The Morgan fingerprint density at radius 1 is 1.29 bits per heavy atom. The number of rotatable bonds is 6. The number of hydrogen-bond donors (Lipinski definition) is 1. The molecule has 2 aliphatic rings. The smallest absolute Gasteiger partial charge is 0.414 e. The molecule has 8 nitrogen and oxygen atoms in total. The summed E-state index contributed by atoms with van der Waals surface area (Å²) in [4.78, 5) is 30.2. The van der Waals surface area contributed by atoms with E-state index in [0.29, 0.717) is 31.2 Å². The fourth-order valence-corrected chi connectivity index (χ4v) is 3.15. The lowest BCUT2D eigenvalue weighted by Crippen LogP contribution is -2.34. The van der Waals surface area contributed by atoms with Crippen LogP contribution in [0.3, 0.4) is 0 Å². The van der Waals surface area contributed by atoms with E-state index in [1.54, 1.807) is 17.0 Å². The van der Waals surface area contributed by atoms with E-state index in [0.717, 1.165) is 12.1 Å². The van der Waals surface area contributed by atoms with E-state index in [-0.39, 0.29) is 18.6 Å². The number of pyridine rings is 1. The first kappa shape index (κ1) is 18.2. The van der Waals surface area contributed by atoms with Crippen molar-refractivity contribution in [2.24, 2.45) is 0 Å². The Labute approximate surface area is 162 Å². The van der Waals surface area contributed by atoms with Crippen molar-refractivity contribution in [1.82, 2.24) is 10.3 Å². The fraction of sp³-hybridized carbons (Fsp3) is 0.350. The zero-order chi connectivity index (χ0) is 19.3. The molecule has 1 N–H and O–H groups in total. The number of anilines is 1. The first-order valence-corrected chi connectivity index (χ1v) is 9.21. The third-order valence-corrected chi connectivity index (χ3v) is 4.60. The standard InChI is InChI=1S/C20H21N3O5/c24-19(14-6-8-21-18(10-14)27-16-7-9-26-13-16)22-11-17-12-23(20(25)28-17)15-4-2-1-3-5-15/h1-6,8,10,16-17H,7,9,11-13H2,(H,22,24). The van der Waals surface area contributed by atoms with Crippen molar-refractivity contribution in [2.75, 3.05) is 31.2 Å². The first-order valence-electron chi connectivity index (χ1n) is 9.21. The van der Waals surface area contributed by atoms with Gasteiger partial charge in [-0.25, -0.2) is 9.78 Å². The molecule has 2 atom stereocenters. The molecule has 3 heterocycles. The van der Waals surface area contributed by atoms with Gasteiger partial charge in [0.2, 0.25) is 5.88 Å². The van der Waals surface area contributed by atoms with Crippen LogP contribution in [0.5, 0.6) is 5.88 Å². The minimum Gasteiger partial charge on any atom is -0.472 e. The molecule has 28 heavy (non-hydrogen) atoms. The Morgan fingerprint density at radius 3 is 2.93 bits per heavy atom. The van der Waals surface area contributed by atoms with Crippen LogP contribution in [-0.2, 0) is 9.47 Å². The predicted molar refractivity (Wildman–Crippen MR) is 100 cm³/mol. The zero-order valence-electron chi connectivity index (χ0n) is 15.2. The van der Waals surface area contributed by atoms with E-state index in [1.165, 1.54) is 6.20 Å². The van der Waals surface area contributed by atoms with E-state index in [4.69, 9.17) is 14.2 Å². The van der Waals surface area contributed by atoms with Gasteiger partial charge in [-0.05, 0) is 18.2 Å². The molecule has 2 aromatic rings. The van der Waals surface area contributed by atoms with Gasteiger partial charge in [0.05, 0.1) is 26.3 Å². The molecule has 2 unspecified atom stereocenters. The molecule has 1 aromatic heterocycles. The van der Waals surface area contributed by atoms with Gasteiger partial charge in [0.25, 0.3) is 5.91 Å². The van der Waals surface area contributed by atoms with Gasteiger partial charge in [0, 0.05) is 29.9 Å². The molecular weight excluding hydrogens is 362 g/mol. The van der Waals surface area contributed by atoms with Crippen LogP contribution in [0, 0.1) is 0 Å². The number of carbonyl (C=O) groups excluding carboxylic acids is 2. The van der Waals surface area contributed by atoms with E-state index in [1.807, 2.05) is 30.3 Å². The van der Waals surface area contributed by atoms with Crippen LogP contribution in [0.4, 0.5) is 10.5 Å². The molecule has 2 amide bonds. The molecule has 8 heteroatoms. The summed E-state index contributed by atoms with van der Waals surface area (Å²) >= 11 is 0. The van der Waals surface area contributed by atoms with E-state index in [9.17, 15) is 9.59 Å². The number of carbonyl (C=O) groups is 2. The summed E-state index contributed by atoms with van der Waals surface area (Å²) in [5, 5.41) is 2.80.